The Morgan fingerprint density at radius 3 is 2.56 bits per heavy atom. The van der Waals surface area contributed by atoms with E-state index >= 15 is 0 Å². The van der Waals surface area contributed by atoms with E-state index in [1.54, 1.807) is 0 Å². The first-order valence-corrected chi connectivity index (χ1v) is 6.33. The van der Waals surface area contributed by atoms with Crippen LogP contribution in [0.4, 0.5) is 4.79 Å². The lowest BCUT2D eigenvalue weighted by Gasteiger charge is -2.17. The van der Waals surface area contributed by atoms with E-state index in [4.69, 9.17) is 5.11 Å². The van der Waals surface area contributed by atoms with Crippen molar-refractivity contribution in [1.82, 2.24) is 10.6 Å². The van der Waals surface area contributed by atoms with Crippen molar-refractivity contribution in [1.29, 1.82) is 0 Å². The average Bonchev–Trinajstić information content (AvgIpc) is 2.68. The summed E-state index contributed by atoms with van der Waals surface area (Å²) in [7, 11) is 0. The lowest BCUT2D eigenvalue weighted by atomic mass is 10.2. The van der Waals surface area contributed by atoms with Gasteiger partial charge in [-0.3, -0.25) is 0 Å². The molecule has 0 aromatic carbocycles. The molecular formula is C11H16N2O4S. The van der Waals surface area contributed by atoms with Crippen LogP contribution in [0.2, 0.25) is 0 Å². The summed E-state index contributed by atoms with van der Waals surface area (Å²) in [6.07, 6.45) is -1.16. The van der Waals surface area contributed by atoms with Crippen LogP contribution in [0.1, 0.15) is 18.1 Å². The van der Waals surface area contributed by atoms with Gasteiger partial charge in [0.2, 0.25) is 0 Å². The number of aliphatic carboxylic acids is 1. The smallest absolute Gasteiger partial charge is 0.328 e. The van der Waals surface area contributed by atoms with Crippen molar-refractivity contribution in [2.75, 3.05) is 0 Å². The van der Waals surface area contributed by atoms with Crippen LogP contribution in [0.3, 0.4) is 0 Å². The predicted molar refractivity (Wildman–Crippen MR) is 67.5 cm³/mol. The van der Waals surface area contributed by atoms with Gasteiger partial charge in [-0.1, -0.05) is 0 Å². The average molecular weight is 272 g/mol. The number of carbonyl (C=O) groups is 2. The molecule has 0 bridgehead atoms. The van der Waals surface area contributed by atoms with E-state index in [1.807, 2.05) is 17.7 Å². The fourth-order valence-electron chi connectivity index (χ4n) is 1.32. The molecule has 0 radical (unpaired) electrons. The number of carboxylic acids is 1. The molecule has 1 heterocycles. The van der Waals surface area contributed by atoms with Gasteiger partial charge in [-0.25, -0.2) is 9.59 Å². The van der Waals surface area contributed by atoms with Gasteiger partial charge in [0.15, 0.2) is 6.04 Å². The number of thiophene rings is 1. The number of carbonyl (C=O) groups excluding carboxylic acids is 1. The molecule has 0 saturated carbocycles. The molecule has 7 heteroatoms. The largest absolute Gasteiger partial charge is 0.480 e. The van der Waals surface area contributed by atoms with Gasteiger partial charge in [-0.05, 0) is 35.7 Å². The summed E-state index contributed by atoms with van der Waals surface area (Å²) < 4.78 is 0. The molecular weight excluding hydrogens is 256 g/mol. The summed E-state index contributed by atoms with van der Waals surface area (Å²) in [5.41, 5.74) is 2.06. The van der Waals surface area contributed by atoms with Gasteiger partial charge in [-0.15, -0.1) is 0 Å². The summed E-state index contributed by atoms with van der Waals surface area (Å²) in [6.45, 7) is 3.57. The molecule has 18 heavy (non-hydrogen) atoms. The number of aliphatic hydroxyl groups excluding tert-OH is 1. The van der Waals surface area contributed by atoms with Crippen molar-refractivity contribution in [3.63, 3.8) is 0 Å². The van der Waals surface area contributed by atoms with Crippen LogP contribution >= 0.6 is 11.3 Å². The first kappa shape index (κ1) is 14.5. The van der Waals surface area contributed by atoms with Crippen LogP contribution in [0, 0.1) is 6.92 Å². The maximum atomic E-state index is 11.5. The summed E-state index contributed by atoms with van der Waals surface area (Å²) in [5.74, 6) is -1.27. The fourth-order valence-corrected chi connectivity index (χ4v) is 2.18. The van der Waals surface area contributed by atoms with Crippen molar-refractivity contribution in [2.45, 2.75) is 32.5 Å². The normalized spacial score (nSPS) is 13.7. The van der Waals surface area contributed by atoms with Crippen molar-refractivity contribution >= 4 is 23.3 Å². The highest BCUT2D eigenvalue weighted by Gasteiger charge is 2.24. The van der Waals surface area contributed by atoms with Gasteiger partial charge in [0.25, 0.3) is 0 Å². The Balaban J connectivity index is 2.46. The molecule has 0 aliphatic rings. The first-order chi connectivity index (χ1) is 8.41. The summed E-state index contributed by atoms with van der Waals surface area (Å²) in [4.78, 5) is 22.2. The number of aliphatic hydroxyl groups is 1. The van der Waals surface area contributed by atoms with E-state index in [2.05, 4.69) is 10.6 Å². The van der Waals surface area contributed by atoms with Crippen molar-refractivity contribution < 1.29 is 19.8 Å². The van der Waals surface area contributed by atoms with Crippen molar-refractivity contribution in [3.05, 3.63) is 21.9 Å². The molecule has 2 amide bonds. The second-order valence-corrected chi connectivity index (χ2v) is 4.71. The molecule has 0 fully saturated rings. The molecule has 1 aromatic heterocycles. The van der Waals surface area contributed by atoms with E-state index in [9.17, 15) is 14.7 Å². The van der Waals surface area contributed by atoms with Gasteiger partial charge in [0.05, 0.1) is 6.10 Å². The van der Waals surface area contributed by atoms with Crippen LogP contribution in [-0.2, 0) is 11.3 Å². The molecule has 0 aliphatic heterocycles. The number of rotatable bonds is 5. The Labute approximate surface area is 109 Å². The number of urea groups is 1. The molecule has 0 saturated heterocycles. The maximum Gasteiger partial charge on any atom is 0.328 e. The minimum absolute atomic E-state index is 0.327. The third kappa shape index (κ3) is 4.01. The zero-order chi connectivity index (χ0) is 13.7. The molecule has 0 aliphatic carbocycles. The second kappa shape index (κ2) is 6.36. The van der Waals surface area contributed by atoms with E-state index in [-0.39, 0.29) is 0 Å². The fraction of sp³-hybridized carbons (Fsp3) is 0.455. The van der Waals surface area contributed by atoms with Crippen LogP contribution in [-0.4, -0.2) is 34.4 Å². The van der Waals surface area contributed by atoms with Crippen LogP contribution in [0.15, 0.2) is 10.8 Å². The summed E-state index contributed by atoms with van der Waals surface area (Å²) in [6, 6.07) is -1.93. The SMILES string of the molecule is Cc1cscc1CNC(=O)NC(C(=O)O)C(C)O. The van der Waals surface area contributed by atoms with E-state index in [0.717, 1.165) is 11.1 Å². The molecule has 1 aromatic rings. The van der Waals surface area contributed by atoms with E-state index < -0.39 is 24.1 Å². The van der Waals surface area contributed by atoms with Gasteiger partial charge in [0, 0.05) is 6.54 Å². The molecule has 6 nitrogen and oxygen atoms in total. The second-order valence-electron chi connectivity index (χ2n) is 3.96. The molecule has 2 unspecified atom stereocenters. The molecule has 2 atom stereocenters. The van der Waals surface area contributed by atoms with Gasteiger partial charge < -0.3 is 20.8 Å². The lowest BCUT2D eigenvalue weighted by molar-refractivity contribution is -0.141. The number of nitrogens with one attached hydrogen (secondary N) is 2. The highest BCUT2D eigenvalue weighted by molar-refractivity contribution is 7.08. The minimum Gasteiger partial charge on any atom is -0.480 e. The monoisotopic (exact) mass is 272 g/mol. The number of hydrogen-bond acceptors (Lipinski definition) is 4. The number of carboxylic acid groups (broad SMARTS) is 1. The lowest BCUT2D eigenvalue weighted by Crippen LogP contribution is -2.50. The summed E-state index contributed by atoms with van der Waals surface area (Å²) in [5, 5.41) is 26.6. The molecule has 100 valence electrons. The molecule has 4 N–H and O–H groups in total. The van der Waals surface area contributed by atoms with Crippen molar-refractivity contribution in [3.8, 4) is 0 Å². The first-order valence-electron chi connectivity index (χ1n) is 5.38. The summed E-state index contributed by atoms with van der Waals surface area (Å²) >= 11 is 1.54. The molecule has 0 spiro atoms. The Kier molecular flexibility index (Phi) is 5.11. The minimum atomic E-state index is -1.31. The Hall–Kier alpha value is -1.60. The highest BCUT2D eigenvalue weighted by atomic mass is 32.1. The van der Waals surface area contributed by atoms with Gasteiger partial charge >= 0.3 is 12.0 Å². The molecule has 1 rings (SSSR count). The van der Waals surface area contributed by atoms with Crippen LogP contribution in [0.25, 0.3) is 0 Å². The zero-order valence-electron chi connectivity index (χ0n) is 10.1. The standard InChI is InChI=1S/C11H16N2O4S/c1-6-4-18-5-8(6)3-12-11(17)13-9(7(2)14)10(15)16/h4-5,7,9,14H,3H2,1-2H3,(H,15,16)(H2,12,13,17). The Bertz CT molecular complexity index is 430. The Morgan fingerprint density at radius 2 is 2.11 bits per heavy atom. The highest BCUT2D eigenvalue weighted by Crippen LogP contribution is 2.12. The predicted octanol–water partition coefficient (Wildman–Crippen LogP) is 0.690. The third-order valence-corrected chi connectivity index (χ3v) is 3.35. The topological polar surface area (TPSA) is 98.7 Å². The van der Waals surface area contributed by atoms with Crippen LogP contribution in [0.5, 0.6) is 0 Å². The quantitative estimate of drug-likeness (QED) is 0.633. The van der Waals surface area contributed by atoms with Gasteiger partial charge in [0.1, 0.15) is 0 Å². The third-order valence-electron chi connectivity index (χ3n) is 2.44. The van der Waals surface area contributed by atoms with Crippen molar-refractivity contribution in [2.24, 2.45) is 0 Å². The number of amides is 2. The number of aryl methyl sites for hydroxylation is 1. The van der Waals surface area contributed by atoms with Gasteiger partial charge in [-0.2, -0.15) is 11.3 Å². The maximum absolute atomic E-state index is 11.5. The van der Waals surface area contributed by atoms with Crippen LogP contribution < -0.4 is 10.6 Å². The zero-order valence-corrected chi connectivity index (χ0v) is 11.0. The van der Waals surface area contributed by atoms with E-state index in [0.29, 0.717) is 6.54 Å². The number of hydrogen-bond donors (Lipinski definition) is 4. The van der Waals surface area contributed by atoms with E-state index in [1.165, 1.54) is 18.3 Å². The Morgan fingerprint density at radius 1 is 1.44 bits per heavy atom.